The van der Waals surface area contributed by atoms with Gasteiger partial charge >= 0.3 is 11.9 Å². The van der Waals surface area contributed by atoms with E-state index in [1.54, 1.807) is 32.1 Å². The predicted octanol–water partition coefficient (Wildman–Crippen LogP) is 2.81. The zero-order valence-corrected chi connectivity index (χ0v) is 12.6. The SMILES string of the molecule is COC(=O)C(CC(=O)OC(C)(C)C)Cc1ccsc1. The molecule has 0 amide bonds. The molecule has 0 aliphatic carbocycles. The summed E-state index contributed by atoms with van der Waals surface area (Å²) in [6.45, 7) is 5.41. The van der Waals surface area contributed by atoms with Gasteiger partial charge in [0.2, 0.25) is 0 Å². The van der Waals surface area contributed by atoms with Crippen molar-refractivity contribution in [3.8, 4) is 0 Å². The van der Waals surface area contributed by atoms with Crippen molar-refractivity contribution in [1.82, 2.24) is 0 Å². The van der Waals surface area contributed by atoms with E-state index in [1.165, 1.54) is 7.11 Å². The van der Waals surface area contributed by atoms with Gasteiger partial charge in [-0.25, -0.2) is 0 Å². The molecular formula is C14H20O4S. The number of rotatable bonds is 5. The number of ether oxygens (including phenoxy) is 2. The summed E-state index contributed by atoms with van der Waals surface area (Å²) >= 11 is 1.56. The zero-order valence-electron chi connectivity index (χ0n) is 11.8. The van der Waals surface area contributed by atoms with Crippen molar-refractivity contribution in [2.75, 3.05) is 7.11 Å². The van der Waals surface area contributed by atoms with Gasteiger partial charge < -0.3 is 9.47 Å². The molecule has 4 nitrogen and oxygen atoms in total. The standard InChI is InChI=1S/C14H20O4S/c1-14(2,3)18-12(15)8-11(13(16)17-4)7-10-5-6-19-9-10/h5-6,9,11H,7-8H2,1-4H3. The van der Waals surface area contributed by atoms with Crippen LogP contribution in [0.1, 0.15) is 32.8 Å². The Kier molecular flexibility index (Phi) is 5.54. The second kappa shape index (κ2) is 6.70. The van der Waals surface area contributed by atoms with E-state index < -0.39 is 11.5 Å². The summed E-state index contributed by atoms with van der Waals surface area (Å²) in [6, 6.07) is 1.94. The number of hydrogen-bond donors (Lipinski definition) is 0. The Balaban J connectivity index is 2.65. The molecule has 1 heterocycles. The first kappa shape index (κ1) is 15.7. The highest BCUT2D eigenvalue weighted by Crippen LogP contribution is 2.19. The first-order valence-corrected chi connectivity index (χ1v) is 7.07. The maximum absolute atomic E-state index is 11.8. The van der Waals surface area contributed by atoms with Gasteiger partial charge in [0.05, 0.1) is 19.4 Å². The van der Waals surface area contributed by atoms with Crippen molar-refractivity contribution in [1.29, 1.82) is 0 Å². The van der Waals surface area contributed by atoms with E-state index in [0.29, 0.717) is 6.42 Å². The number of hydrogen-bond acceptors (Lipinski definition) is 5. The first-order chi connectivity index (χ1) is 8.81. The van der Waals surface area contributed by atoms with Crippen molar-refractivity contribution in [2.24, 2.45) is 5.92 Å². The lowest BCUT2D eigenvalue weighted by molar-refractivity contribution is -0.160. The quantitative estimate of drug-likeness (QED) is 0.780. The van der Waals surface area contributed by atoms with Crippen molar-refractivity contribution in [3.63, 3.8) is 0 Å². The van der Waals surface area contributed by atoms with Gasteiger partial charge in [0.15, 0.2) is 0 Å². The maximum atomic E-state index is 11.8. The van der Waals surface area contributed by atoms with Crippen LogP contribution in [0.3, 0.4) is 0 Å². The van der Waals surface area contributed by atoms with Gasteiger partial charge in [0, 0.05) is 0 Å². The van der Waals surface area contributed by atoms with Crippen molar-refractivity contribution >= 4 is 23.3 Å². The Labute approximate surface area is 117 Å². The van der Waals surface area contributed by atoms with Gasteiger partial charge in [-0.15, -0.1) is 0 Å². The van der Waals surface area contributed by atoms with E-state index in [4.69, 9.17) is 9.47 Å². The minimum absolute atomic E-state index is 0.0415. The molecule has 0 saturated heterocycles. The van der Waals surface area contributed by atoms with Crippen LogP contribution in [0, 0.1) is 5.92 Å². The van der Waals surface area contributed by atoms with Crippen LogP contribution in [0.5, 0.6) is 0 Å². The highest BCUT2D eigenvalue weighted by Gasteiger charge is 2.26. The number of carbonyl (C=O) groups excluding carboxylic acids is 2. The van der Waals surface area contributed by atoms with E-state index >= 15 is 0 Å². The summed E-state index contributed by atoms with van der Waals surface area (Å²) in [7, 11) is 1.33. The summed E-state index contributed by atoms with van der Waals surface area (Å²) < 4.78 is 9.99. The molecule has 0 N–H and O–H groups in total. The molecule has 0 fully saturated rings. The third-order valence-corrected chi connectivity index (χ3v) is 3.16. The van der Waals surface area contributed by atoms with Gasteiger partial charge in [-0.2, -0.15) is 11.3 Å². The van der Waals surface area contributed by atoms with Crippen molar-refractivity contribution < 1.29 is 19.1 Å². The van der Waals surface area contributed by atoms with Crippen molar-refractivity contribution in [2.45, 2.75) is 39.2 Å². The highest BCUT2D eigenvalue weighted by molar-refractivity contribution is 7.07. The summed E-state index contributed by atoms with van der Waals surface area (Å²) in [4.78, 5) is 23.5. The van der Waals surface area contributed by atoms with E-state index in [1.807, 2.05) is 16.8 Å². The topological polar surface area (TPSA) is 52.6 Å². The third kappa shape index (κ3) is 5.87. The molecule has 0 bridgehead atoms. The van der Waals surface area contributed by atoms with Gasteiger partial charge in [-0.1, -0.05) is 0 Å². The fourth-order valence-electron chi connectivity index (χ4n) is 1.68. The van der Waals surface area contributed by atoms with Crippen LogP contribution >= 0.6 is 11.3 Å². The van der Waals surface area contributed by atoms with Crippen LogP contribution in [0.4, 0.5) is 0 Å². The molecule has 106 valence electrons. The summed E-state index contributed by atoms with van der Waals surface area (Å²) in [5.41, 5.74) is 0.490. The minimum atomic E-state index is -0.542. The fourth-order valence-corrected chi connectivity index (χ4v) is 2.36. The van der Waals surface area contributed by atoms with E-state index in [2.05, 4.69) is 0 Å². The molecule has 1 atom stereocenters. The molecule has 1 unspecified atom stereocenters. The Morgan fingerprint density at radius 2 is 2.05 bits per heavy atom. The summed E-state index contributed by atoms with van der Waals surface area (Å²) in [5, 5.41) is 3.90. The maximum Gasteiger partial charge on any atom is 0.309 e. The van der Waals surface area contributed by atoms with Gasteiger partial charge in [0.25, 0.3) is 0 Å². The summed E-state index contributed by atoms with van der Waals surface area (Å²) in [6.07, 6.45) is 0.537. The van der Waals surface area contributed by atoms with Crippen LogP contribution in [0.25, 0.3) is 0 Å². The fraction of sp³-hybridized carbons (Fsp3) is 0.571. The second-order valence-corrected chi connectivity index (χ2v) is 6.13. The van der Waals surface area contributed by atoms with Crippen LogP contribution in [-0.2, 0) is 25.5 Å². The van der Waals surface area contributed by atoms with Crippen LogP contribution in [-0.4, -0.2) is 24.6 Å². The number of thiophene rings is 1. The number of esters is 2. The lowest BCUT2D eigenvalue weighted by Crippen LogP contribution is -2.28. The molecule has 0 spiro atoms. The van der Waals surface area contributed by atoms with Gasteiger partial charge in [-0.3, -0.25) is 9.59 Å². The van der Waals surface area contributed by atoms with Gasteiger partial charge in [-0.05, 0) is 49.6 Å². The lowest BCUT2D eigenvalue weighted by Gasteiger charge is -2.21. The normalized spacial score (nSPS) is 12.8. The van der Waals surface area contributed by atoms with Crippen LogP contribution in [0.2, 0.25) is 0 Å². The third-order valence-electron chi connectivity index (χ3n) is 2.43. The Morgan fingerprint density at radius 1 is 1.37 bits per heavy atom. The molecule has 0 radical (unpaired) electrons. The molecule has 0 saturated carbocycles. The van der Waals surface area contributed by atoms with Gasteiger partial charge in [0.1, 0.15) is 5.60 Å². The van der Waals surface area contributed by atoms with Crippen LogP contribution in [0.15, 0.2) is 16.8 Å². The average Bonchev–Trinajstić information content (AvgIpc) is 2.77. The molecule has 0 aliphatic heterocycles. The number of carbonyl (C=O) groups is 2. The first-order valence-electron chi connectivity index (χ1n) is 6.12. The van der Waals surface area contributed by atoms with Crippen LogP contribution < -0.4 is 0 Å². The Hall–Kier alpha value is -1.36. The van der Waals surface area contributed by atoms with E-state index in [9.17, 15) is 9.59 Å². The van der Waals surface area contributed by atoms with E-state index in [-0.39, 0.29) is 18.4 Å². The zero-order chi connectivity index (χ0) is 14.5. The summed E-state index contributed by atoms with van der Waals surface area (Å²) in [5.74, 6) is -1.25. The Morgan fingerprint density at radius 3 is 2.53 bits per heavy atom. The average molecular weight is 284 g/mol. The number of methoxy groups -OCH3 is 1. The molecule has 19 heavy (non-hydrogen) atoms. The molecule has 0 aromatic carbocycles. The monoisotopic (exact) mass is 284 g/mol. The molecule has 1 rings (SSSR count). The predicted molar refractivity (Wildman–Crippen MR) is 74.0 cm³/mol. The molecule has 5 heteroatoms. The molecular weight excluding hydrogens is 264 g/mol. The lowest BCUT2D eigenvalue weighted by atomic mass is 9.98. The largest absolute Gasteiger partial charge is 0.469 e. The minimum Gasteiger partial charge on any atom is -0.469 e. The Bertz CT molecular complexity index is 417. The highest BCUT2D eigenvalue weighted by atomic mass is 32.1. The smallest absolute Gasteiger partial charge is 0.309 e. The van der Waals surface area contributed by atoms with E-state index in [0.717, 1.165) is 5.56 Å². The van der Waals surface area contributed by atoms with Crippen molar-refractivity contribution in [3.05, 3.63) is 22.4 Å². The second-order valence-electron chi connectivity index (χ2n) is 5.35. The molecule has 1 aromatic rings. The molecule has 0 aliphatic rings. The molecule has 1 aromatic heterocycles.